The number of nitrogens with zero attached hydrogens (tertiary/aromatic N) is 2. The molecule has 0 aliphatic heterocycles. The molecule has 8 heteroatoms. The van der Waals surface area contributed by atoms with Crippen LogP contribution in [0.15, 0.2) is 46.0 Å². The van der Waals surface area contributed by atoms with Crippen molar-refractivity contribution < 1.29 is 20.1 Å². The molecule has 0 bridgehead atoms. The van der Waals surface area contributed by atoms with E-state index in [1.165, 1.54) is 53.6 Å². The number of carbonyl (C=O) groups is 1. The van der Waals surface area contributed by atoms with Gasteiger partial charge in [-0.15, -0.1) is 0 Å². The van der Waals surface area contributed by atoms with Crippen LogP contribution in [0.1, 0.15) is 44.4 Å². The zero-order chi connectivity index (χ0) is 22.3. The van der Waals surface area contributed by atoms with Crippen LogP contribution in [-0.4, -0.2) is 30.4 Å². The van der Waals surface area contributed by atoms with Gasteiger partial charge in [0.25, 0.3) is 11.1 Å². The van der Waals surface area contributed by atoms with Gasteiger partial charge in [-0.1, -0.05) is 18.2 Å². The van der Waals surface area contributed by atoms with Gasteiger partial charge in [0.15, 0.2) is 0 Å². The molecule has 0 saturated heterocycles. The second-order valence-corrected chi connectivity index (χ2v) is 7.22. The van der Waals surface area contributed by atoms with Crippen LogP contribution in [0.4, 0.5) is 0 Å². The third kappa shape index (κ3) is 3.26. The molecule has 0 radical (unpaired) electrons. The molecule has 2 heterocycles. The average molecular weight is 410 g/mol. The molecule has 0 spiro atoms. The first-order chi connectivity index (χ1) is 14.1. The highest BCUT2D eigenvalue weighted by atomic mass is 16.4. The lowest BCUT2D eigenvalue weighted by Gasteiger charge is -2.23. The van der Waals surface area contributed by atoms with Gasteiger partial charge in [-0.3, -0.25) is 9.59 Å². The summed E-state index contributed by atoms with van der Waals surface area (Å²) in [6.07, 6.45) is 0. The molecular weight excluding hydrogens is 388 g/mol. The van der Waals surface area contributed by atoms with Gasteiger partial charge in [0.05, 0.1) is 22.6 Å². The van der Waals surface area contributed by atoms with Crippen LogP contribution in [0.3, 0.4) is 0 Å². The van der Waals surface area contributed by atoms with E-state index in [1.807, 2.05) is 0 Å². The van der Waals surface area contributed by atoms with Crippen LogP contribution in [0.25, 0.3) is 0 Å². The fourth-order valence-electron chi connectivity index (χ4n) is 3.59. The summed E-state index contributed by atoms with van der Waals surface area (Å²) in [6.45, 7) is 3.26. The monoisotopic (exact) mass is 410 g/mol. The Kier molecular flexibility index (Phi) is 5.26. The lowest BCUT2D eigenvalue weighted by molar-refractivity contribution is 0.0695. The molecule has 3 N–H and O–H groups in total. The van der Waals surface area contributed by atoms with Gasteiger partial charge < -0.3 is 24.5 Å². The Morgan fingerprint density at radius 2 is 1.30 bits per heavy atom. The number of pyridine rings is 2. The van der Waals surface area contributed by atoms with E-state index in [-0.39, 0.29) is 33.8 Å². The minimum absolute atomic E-state index is 0.109. The molecular formula is C22H22N2O6. The third-order valence-corrected chi connectivity index (χ3v) is 5.45. The number of aromatic hydroxyl groups is 2. The number of benzene rings is 1. The van der Waals surface area contributed by atoms with E-state index in [1.54, 1.807) is 19.9 Å². The van der Waals surface area contributed by atoms with E-state index < -0.39 is 23.0 Å². The number of hydrogen-bond acceptors (Lipinski definition) is 5. The van der Waals surface area contributed by atoms with Crippen molar-refractivity contribution in [3.8, 4) is 11.5 Å². The minimum Gasteiger partial charge on any atom is -0.507 e. The average Bonchev–Trinajstić information content (AvgIpc) is 2.69. The van der Waals surface area contributed by atoms with Crippen LogP contribution in [-0.2, 0) is 14.1 Å². The number of aromatic carboxylic acids is 1. The molecule has 0 aliphatic carbocycles. The summed E-state index contributed by atoms with van der Waals surface area (Å²) in [6, 6.07) is 8.62. The van der Waals surface area contributed by atoms with Gasteiger partial charge >= 0.3 is 5.97 Å². The van der Waals surface area contributed by atoms with Gasteiger partial charge in [-0.05, 0) is 37.6 Å². The zero-order valence-corrected chi connectivity index (χ0v) is 17.0. The van der Waals surface area contributed by atoms with Crippen LogP contribution in [0.2, 0.25) is 0 Å². The van der Waals surface area contributed by atoms with Crippen LogP contribution < -0.4 is 11.1 Å². The van der Waals surface area contributed by atoms with Gasteiger partial charge in [0.1, 0.15) is 11.5 Å². The summed E-state index contributed by atoms with van der Waals surface area (Å²) < 4.78 is 2.59. The molecule has 2 aromatic heterocycles. The number of carboxylic acid groups (broad SMARTS) is 1. The predicted molar refractivity (Wildman–Crippen MR) is 111 cm³/mol. The molecule has 0 unspecified atom stereocenters. The van der Waals surface area contributed by atoms with E-state index >= 15 is 0 Å². The Morgan fingerprint density at radius 3 is 1.73 bits per heavy atom. The Hall–Kier alpha value is -3.81. The van der Waals surface area contributed by atoms with Crippen LogP contribution in [0, 0.1) is 13.8 Å². The van der Waals surface area contributed by atoms with Crippen molar-refractivity contribution in [3.05, 3.63) is 90.7 Å². The molecule has 30 heavy (non-hydrogen) atoms. The smallest absolute Gasteiger partial charge is 0.335 e. The summed E-state index contributed by atoms with van der Waals surface area (Å²) in [5.74, 6) is -3.33. The molecule has 0 amide bonds. The second-order valence-electron chi connectivity index (χ2n) is 7.22. The summed E-state index contributed by atoms with van der Waals surface area (Å²) in [7, 11) is 3.02. The van der Waals surface area contributed by atoms with Gasteiger partial charge in [0.2, 0.25) is 0 Å². The highest BCUT2D eigenvalue weighted by Crippen LogP contribution is 2.38. The standard InChI is InChI=1S/C22H22N2O6/c1-11-9-15(25)18(20(27)23(11)3)17(13-7-5-6-8-14(13)22(29)30)19-16(26)10-12(2)24(4)21(19)28/h5-10,17,25-26H,1-4H3,(H,29,30). The van der Waals surface area contributed by atoms with E-state index in [4.69, 9.17) is 0 Å². The first kappa shape index (κ1) is 20.9. The quantitative estimate of drug-likeness (QED) is 0.605. The van der Waals surface area contributed by atoms with Crippen LogP contribution >= 0.6 is 0 Å². The van der Waals surface area contributed by atoms with Gasteiger partial charge in [-0.25, -0.2) is 4.79 Å². The molecule has 0 atom stereocenters. The van der Waals surface area contributed by atoms with Crippen LogP contribution in [0.5, 0.6) is 11.5 Å². The van der Waals surface area contributed by atoms with Crippen molar-refractivity contribution >= 4 is 5.97 Å². The van der Waals surface area contributed by atoms with E-state index in [2.05, 4.69) is 0 Å². The van der Waals surface area contributed by atoms with E-state index in [0.717, 1.165) is 0 Å². The van der Waals surface area contributed by atoms with Crippen molar-refractivity contribution in [1.29, 1.82) is 0 Å². The van der Waals surface area contributed by atoms with E-state index in [9.17, 15) is 29.7 Å². The normalized spacial score (nSPS) is 11.1. The number of aromatic nitrogens is 2. The van der Waals surface area contributed by atoms with Crippen molar-refractivity contribution in [2.24, 2.45) is 14.1 Å². The van der Waals surface area contributed by atoms with Gasteiger partial charge in [0, 0.05) is 25.5 Å². The Labute approximate surface area is 171 Å². The SMILES string of the molecule is Cc1cc(O)c(C(c2ccccc2C(=O)O)c2c(O)cc(C)n(C)c2=O)c(=O)n1C. The molecule has 3 rings (SSSR count). The van der Waals surface area contributed by atoms with E-state index in [0.29, 0.717) is 11.4 Å². The van der Waals surface area contributed by atoms with Crippen molar-refractivity contribution in [2.75, 3.05) is 0 Å². The largest absolute Gasteiger partial charge is 0.507 e. The minimum atomic E-state index is -1.30. The summed E-state index contributed by atoms with van der Waals surface area (Å²) in [5, 5.41) is 31.0. The maximum Gasteiger partial charge on any atom is 0.335 e. The first-order valence-corrected chi connectivity index (χ1v) is 9.17. The fraction of sp³-hybridized carbons (Fsp3) is 0.227. The fourth-order valence-corrected chi connectivity index (χ4v) is 3.59. The highest BCUT2D eigenvalue weighted by molar-refractivity contribution is 5.90. The third-order valence-electron chi connectivity index (χ3n) is 5.45. The topological polar surface area (TPSA) is 122 Å². The molecule has 0 aliphatic rings. The Bertz CT molecular complexity index is 1210. The second kappa shape index (κ2) is 7.55. The van der Waals surface area contributed by atoms with Gasteiger partial charge in [-0.2, -0.15) is 0 Å². The number of carboxylic acids is 1. The highest BCUT2D eigenvalue weighted by Gasteiger charge is 2.32. The summed E-state index contributed by atoms with van der Waals surface area (Å²) in [5.41, 5.74) is -0.648. The molecule has 0 fully saturated rings. The maximum absolute atomic E-state index is 13.1. The molecule has 3 aromatic rings. The van der Waals surface area contributed by atoms with Crippen molar-refractivity contribution in [1.82, 2.24) is 9.13 Å². The molecule has 1 aromatic carbocycles. The van der Waals surface area contributed by atoms with Crippen molar-refractivity contribution in [3.63, 3.8) is 0 Å². The number of hydrogen-bond donors (Lipinski definition) is 3. The zero-order valence-electron chi connectivity index (χ0n) is 17.0. The molecule has 156 valence electrons. The lowest BCUT2D eigenvalue weighted by atomic mass is 9.82. The number of aryl methyl sites for hydroxylation is 2. The predicted octanol–water partition coefficient (Wildman–Crippen LogP) is 1.99. The summed E-state index contributed by atoms with van der Waals surface area (Å²) in [4.78, 5) is 38.1. The Morgan fingerprint density at radius 1 is 0.867 bits per heavy atom. The maximum atomic E-state index is 13.1. The summed E-state index contributed by atoms with van der Waals surface area (Å²) >= 11 is 0. The molecule has 8 nitrogen and oxygen atoms in total. The number of rotatable bonds is 4. The lowest BCUT2D eigenvalue weighted by Crippen LogP contribution is -2.31. The first-order valence-electron chi connectivity index (χ1n) is 9.17. The van der Waals surface area contributed by atoms with Crippen molar-refractivity contribution in [2.45, 2.75) is 19.8 Å². The molecule has 0 saturated carbocycles. The Balaban J connectivity index is 2.54.